The summed E-state index contributed by atoms with van der Waals surface area (Å²) in [4.78, 5) is 23.4. The average molecular weight is 427 g/mol. The molecule has 2 rings (SSSR count). The second kappa shape index (κ2) is 8.05. The fourth-order valence-corrected chi connectivity index (χ4v) is 2.72. The minimum Gasteiger partial charge on any atom is -0.480 e. The molecule has 1 amide bonds. The van der Waals surface area contributed by atoms with Gasteiger partial charge in [0.1, 0.15) is 11.9 Å². The van der Waals surface area contributed by atoms with E-state index in [1.807, 2.05) is 24.3 Å². The van der Waals surface area contributed by atoms with Gasteiger partial charge in [-0.2, -0.15) is 0 Å². The summed E-state index contributed by atoms with van der Waals surface area (Å²) in [6.45, 7) is 0. The molecule has 0 spiro atoms. The molecule has 0 heterocycles. The van der Waals surface area contributed by atoms with Crippen LogP contribution < -0.4 is 5.32 Å². The number of amides is 1. The summed E-state index contributed by atoms with van der Waals surface area (Å²) in [7, 11) is 0. The smallest absolute Gasteiger partial charge is 0.326 e. The lowest BCUT2D eigenvalue weighted by atomic mass is 10.1. The molecular formula is C17H15FINO3. The van der Waals surface area contributed by atoms with Crippen molar-refractivity contribution < 1.29 is 19.1 Å². The normalized spacial score (nSPS) is 11.7. The highest BCUT2D eigenvalue weighted by molar-refractivity contribution is 14.1. The number of carboxylic acid groups (broad SMARTS) is 1. The maximum Gasteiger partial charge on any atom is 0.326 e. The van der Waals surface area contributed by atoms with Gasteiger partial charge >= 0.3 is 5.97 Å². The van der Waals surface area contributed by atoms with Gasteiger partial charge in [-0.3, -0.25) is 4.79 Å². The number of nitrogens with one attached hydrogen (secondary N) is 1. The standard InChI is InChI=1S/C17H15FINO3/c18-13-7-5-11(6-8-13)9-16(21)20-15(17(22)23)10-12-3-1-2-4-14(12)19/h1-8,15H,9-10H2,(H,20,21)(H,22,23)/t15-/m1/s1. The number of rotatable bonds is 6. The Morgan fingerprint density at radius 3 is 2.39 bits per heavy atom. The summed E-state index contributed by atoms with van der Waals surface area (Å²) < 4.78 is 13.8. The third-order valence-corrected chi connectivity index (χ3v) is 4.35. The van der Waals surface area contributed by atoms with Crippen molar-refractivity contribution in [1.82, 2.24) is 5.32 Å². The lowest BCUT2D eigenvalue weighted by molar-refractivity contribution is -0.141. The summed E-state index contributed by atoms with van der Waals surface area (Å²) in [5.41, 5.74) is 1.49. The number of hydrogen-bond acceptors (Lipinski definition) is 2. The van der Waals surface area contributed by atoms with E-state index < -0.39 is 17.9 Å². The lowest BCUT2D eigenvalue weighted by Gasteiger charge is -2.15. The van der Waals surface area contributed by atoms with E-state index in [4.69, 9.17) is 0 Å². The number of aliphatic carboxylic acids is 1. The first-order chi connectivity index (χ1) is 11.0. The maximum absolute atomic E-state index is 12.8. The highest BCUT2D eigenvalue weighted by atomic mass is 127. The van der Waals surface area contributed by atoms with Gasteiger partial charge in [-0.15, -0.1) is 0 Å². The quantitative estimate of drug-likeness (QED) is 0.697. The molecule has 0 bridgehead atoms. The minimum atomic E-state index is -1.09. The summed E-state index contributed by atoms with van der Waals surface area (Å²) >= 11 is 2.13. The number of benzene rings is 2. The van der Waals surface area contributed by atoms with Crippen LogP contribution in [0, 0.1) is 9.39 Å². The molecule has 2 N–H and O–H groups in total. The van der Waals surface area contributed by atoms with Gasteiger partial charge in [0.15, 0.2) is 0 Å². The van der Waals surface area contributed by atoms with E-state index in [9.17, 15) is 19.1 Å². The zero-order valence-corrected chi connectivity index (χ0v) is 14.3. The molecule has 0 aromatic heterocycles. The molecule has 120 valence electrons. The summed E-state index contributed by atoms with van der Waals surface area (Å²) in [6.07, 6.45) is 0.222. The molecule has 4 nitrogen and oxygen atoms in total. The van der Waals surface area contributed by atoms with Crippen molar-refractivity contribution in [3.63, 3.8) is 0 Å². The molecule has 0 aliphatic heterocycles. The van der Waals surface area contributed by atoms with Crippen LogP contribution in [0.2, 0.25) is 0 Å². The second-order valence-corrected chi connectivity index (χ2v) is 6.22. The summed E-state index contributed by atoms with van der Waals surface area (Å²) in [5.74, 6) is -1.87. The van der Waals surface area contributed by atoms with Crippen LogP contribution in [0.1, 0.15) is 11.1 Å². The number of carboxylic acids is 1. The lowest BCUT2D eigenvalue weighted by Crippen LogP contribution is -2.43. The predicted octanol–water partition coefficient (Wildman–Crippen LogP) is 2.78. The topological polar surface area (TPSA) is 66.4 Å². The van der Waals surface area contributed by atoms with E-state index in [0.717, 1.165) is 9.13 Å². The van der Waals surface area contributed by atoms with Gasteiger partial charge in [0.05, 0.1) is 6.42 Å². The number of halogens is 2. The SMILES string of the molecule is O=C(Cc1ccc(F)cc1)N[C@H](Cc1ccccc1I)C(=O)O. The van der Waals surface area contributed by atoms with Crippen LogP contribution in [0.25, 0.3) is 0 Å². The van der Waals surface area contributed by atoms with Crippen LogP contribution in [0.5, 0.6) is 0 Å². The van der Waals surface area contributed by atoms with Crippen molar-refractivity contribution in [3.05, 3.63) is 69.0 Å². The first kappa shape index (κ1) is 17.4. The molecular weight excluding hydrogens is 412 g/mol. The molecule has 23 heavy (non-hydrogen) atoms. The van der Waals surface area contributed by atoms with Crippen molar-refractivity contribution in [2.24, 2.45) is 0 Å². The van der Waals surface area contributed by atoms with E-state index in [1.54, 1.807) is 0 Å². The van der Waals surface area contributed by atoms with Crippen molar-refractivity contribution in [3.8, 4) is 0 Å². The molecule has 0 saturated carbocycles. The van der Waals surface area contributed by atoms with Crippen LogP contribution in [0.4, 0.5) is 4.39 Å². The number of carbonyl (C=O) groups excluding carboxylic acids is 1. The zero-order valence-electron chi connectivity index (χ0n) is 12.1. The first-order valence-electron chi connectivity index (χ1n) is 6.95. The third kappa shape index (κ3) is 5.31. The van der Waals surface area contributed by atoms with Crippen molar-refractivity contribution in [2.45, 2.75) is 18.9 Å². The summed E-state index contributed by atoms with van der Waals surface area (Å²) in [6, 6.07) is 12.0. The van der Waals surface area contributed by atoms with Gasteiger partial charge < -0.3 is 10.4 Å². The number of carbonyl (C=O) groups is 2. The highest BCUT2D eigenvalue weighted by Gasteiger charge is 2.21. The Morgan fingerprint density at radius 1 is 1.13 bits per heavy atom. The molecule has 1 atom stereocenters. The van der Waals surface area contributed by atoms with Crippen molar-refractivity contribution in [2.75, 3.05) is 0 Å². The molecule has 0 saturated heterocycles. The van der Waals surface area contributed by atoms with Crippen LogP contribution in [0.15, 0.2) is 48.5 Å². The van der Waals surface area contributed by atoms with Gasteiger partial charge in [-0.1, -0.05) is 30.3 Å². The Bertz CT molecular complexity index is 703. The van der Waals surface area contributed by atoms with E-state index in [-0.39, 0.29) is 18.7 Å². The Balaban J connectivity index is 2.01. The molecule has 0 unspecified atom stereocenters. The Morgan fingerprint density at radius 2 is 1.78 bits per heavy atom. The third-order valence-electron chi connectivity index (χ3n) is 3.29. The largest absolute Gasteiger partial charge is 0.480 e. The van der Waals surface area contributed by atoms with E-state index in [2.05, 4.69) is 27.9 Å². The van der Waals surface area contributed by atoms with Crippen LogP contribution in [-0.4, -0.2) is 23.0 Å². The molecule has 2 aromatic carbocycles. The van der Waals surface area contributed by atoms with Gasteiger partial charge in [0.25, 0.3) is 0 Å². The van der Waals surface area contributed by atoms with Gasteiger partial charge in [0, 0.05) is 9.99 Å². The zero-order chi connectivity index (χ0) is 16.8. The van der Waals surface area contributed by atoms with Gasteiger partial charge in [-0.25, -0.2) is 9.18 Å². The molecule has 2 aromatic rings. The molecule has 6 heteroatoms. The molecule has 0 aliphatic rings. The van der Waals surface area contributed by atoms with E-state index in [0.29, 0.717) is 5.56 Å². The van der Waals surface area contributed by atoms with Crippen molar-refractivity contribution >= 4 is 34.5 Å². The van der Waals surface area contributed by atoms with E-state index >= 15 is 0 Å². The van der Waals surface area contributed by atoms with Crippen molar-refractivity contribution in [1.29, 1.82) is 0 Å². The average Bonchev–Trinajstić information content (AvgIpc) is 2.51. The maximum atomic E-state index is 12.8. The van der Waals surface area contributed by atoms with Crippen LogP contribution >= 0.6 is 22.6 Å². The monoisotopic (exact) mass is 427 g/mol. The van der Waals surface area contributed by atoms with Gasteiger partial charge in [-0.05, 0) is 51.9 Å². The Labute approximate surface area is 146 Å². The number of hydrogen-bond donors (Lipinski definition) is 2. The van der Waals surface area contributed by atoms with Gasteiger partial charge in [0.2, 0.25) is 5.91 Å². The molecule has 0 aliphatic carbocycles. The minimum absolute atomic E-state index is 0.00986. The predicted molar refractivity (Wildman–Crippen MR) is 92.5 cm³/mol. The fraction of sp³-hybridized carbons (Fsp3) is 0.176. The van der Waals surface area contributed by atoms with Crippen LogP contribution in [-0.2, 0) is 22.4 Å². The molecule has 0 radical (unpaired) electrons. The molecule has 0 fully saturated rings. The fourth-order valence-electron chi connectivity index (χ4n) is 2.12. The Kier molecular flexibility index (Phi) is 6.09. The Hall–Kier alpha value is -1.96. The summed E-state index contributed by atoms with van der Waals surface area (Å²) in [5, 5.41) is 11.8. The van der Waals surface area contributed by atoms with Crippen LogP contribution in [0.3, 0.4) is 0 Å². The second-order valence-electron chi connectivity index (χ2n) is 5.06. The highest BCUT2D eigenvalue weighted by Crippen LogP contribution is 2.14. The first-order valence-corrected chi connectivity index (χ1v) is 8.03. The van der Waals surface area contributed by atoms with E-state index in [1.165, 1.54) is 24.3 Å².